The van der Waals surface area contributed by atoms with Gasteiger partial charge >= 0.3 is 0 Å². The molecule has 1 unspecified atom stereocenters. The van der Waals surface area contributed by atoms with Gasteiger partial charge in [0.2, 0.25) is 0 Å². The normalized spacial score (nSPS) is 12.7. The second kappa shape index (κ2) is 4.61. The van der Waals surface area contributed by atoms with Crippen LogP contribution in [0.1, 0.15) is 17.2 Å². The van der Waals surface area contributed by atoms with E-state index in [4.69, 9.17) is 21.9 Å². The molecule has 3 N–H and O–H groups in total. The predicted octanol–water partition coefficient (Wildman–Crippen LogP) is 2.02. The summed E-state index contributed by atoms with van der Waals surface area (Å²) < 4.78 is 18.5. The van der Waals surface area contributed by atoms with Crippen LogP contribution in [0, 0.1) is 5.82 Å². The first-order valence-corrected chi connectivity index (χ1v) is 4.90. The molecule has 0 aliphatic rings. The molecule has 2 aromatic rings. The van der Waals surface area contributed by atoms with Gasteiger partial charge in [0.25, 0.3) is 0 Å². The molecule has 6 heteroatoms. The Morgan fingerprint density at radius 3 is 2.81 bits per heavy atom. The lowest BCUT2D eigenvalue weighted by Gasteiger charge is -2.15. The number of halogens is 2. The van der Waals surface area contributed by atoms with Gasteiger partial charge in [0.15, 0.2) is 5.22 Å². The lowest BCUT2D eigenvalue weighted by Crippen LogP contribution is -2.29. The van der Waals surface area contributed by atoms with E-state index in [-0.39, 0.29) is 5.22 Å². The third-order valence-electron chi connectivity index (χ3n) is 2.24. The molecule has 0 aliphatic carbocycles. The Bertz CT molecular complexity index is 488. The zero-order valence-corrected chi connectivity index (χ0v) is 8.91. The van der Waals surface area contributed by atoms with Gasteiger partial charge in [-0.05, 0) is 23.7 Å². The van der Waals surface area contributed by atoms with Gasteiger partial charge in [-0.1, -0.05) is 0 Å². The van der Waals surface area contributed by atoms with Crippen LogP contribution >= 0.6 is 11.6 Å². The maximum atomic E-state index is 13.5. The molecule has 0 aromatic carbocycles. The van der Waals surface area contributed by atoms with Crippen molar-refractivity contribution in [2.45, 2.75) is 6.04 Å². The van der Waals surface area contributed by atoms with Gasteiger partial charge in [0.1, 0.15) is 5.82 Å². The van der Waals surface area contributed by atoms with Crippen molar-refractivity contribution in [1.82, 2.24) is 10.4 Å². The Kier molecular flexibility index (Phi) is 3.19. The van der Waals surface area contributed by atoms with E-state index in [1.807, 2.05) is 0 Å². The first kappa shape index (κ1) is 11.1. The van der Waals surface area contributed by atoms with E-state index in [1.165, 1.54) is 18.5 Å². The van der Waals surface area contributed by atoms with Crippen molar-refractivity contribution in [2.24, 2.45) is 5.84 Å². The van der Waals surface area contributed by atoms with Crippen molar-refractivity contribution in [3.8, 4) is 0 Å². The summed E-state index contributed by atoms with van der Waals surface area (Å²) in [5, 5.41) is 0.180. The van der Waals surface area contributed by atoms with Crippen LogP contribution < -0.4 is 11.3 Å². The van der Waals surface area contributed by atoms with Crippen LogP contribution in [0.5, 0.6) is 0 Å². The molecule has 16 heavy (non-hydrogen) atoms. The topological polar surface area (TPSA) is 64.1 Å². The Balaban J connectivity index is 2.45. The second-order valence-corrected chi connectivity index (χ2v) is 3.49. The summed E-state index contributed by atoms with van der Waals surface area (Å²) in [5.41, 5.74) is 3.43. The fourth-order valence-electron chi connectivity index (χ4n) is 1.48. The highest BCUT2D eigenvalue weighted by Gasteiger charge is 2.20. The van der Waals surface area contributed by atoms with Crippen molar-refractivity contribution in [2.75, 3.05) is 0 Å². The Morgan fingerprint density at radius 2 is 2.25 bits per heavy atom. The highest BCUT2D eigenvalue weighted by Crippen LogP contribution is 2.29. The first-order valence-electron chi connectivity index (χ1n) is 4.52. The van der Waals surface area contributed by atoms with Crippen molar-refractivity contribution in [3.05, 3.63) is 53.0 Å². The van der Waals surface area contributed by atoms with Gasteiger partial charge in [-0.15, -0.1) is 0 Å². The number of nitrogens with one attached hydrogen (secondary N) is 1. The Hall–Kier alpha value is -1.43. The molecule has 2 aromatic heterocycles. The van der Waals surface area contributed by atoms with Crippen LogP contribution in [0.3, 0.4) is 0 Å². The van der Waals surface area contributed by atoms with Crippen LogP contribution in [0.25, 0.3) is 0 Å². The maximum absolute atomic E-state index is 13.5. The minimum absolute atomic E-state index is 0.180. The summed E-state index contributed by atoms with van der Waals surface area (Å²) in [7, 11) is 0. The van der Waals surface area contributed by atoms with Gasteiger partial charge in [-0.3, -0.25) is 10.8 Å². The zero-order valence-electron chi connectivity index (χ0n) is 8.15. The summed E-state index contributed by atoms with van der Waals surface area (Å²) in [4.78, 5) is 3.67. The van der Waals surface area contributed by atoms with Crippen molar-refractivity contribution >= 4 is 11.6 Å². The molecule has 84 valence electrons. The summed E-state index contributed by atoms with van der Waals surface area (Å²) in [6.07, 6.45) is 4.02. The van der Waals surface area contributed by atoms with Gasteiger partial charge in [0, 0.05) is 17.3 Å². The quantitative estimate of drug-likeness (QED) is 0.637. The standard InChI is InChI=1S/C10H9ClFN3O/c11-10-7(2-4-16-10)9(15-13)6-1-3-14-5-8(6)12/h1-5,9,15H,13H2. The molecule has 0 bridgehead atoms. The highest BCUT2D eigenvalue weighted by molar-refractivity contribution is 6.29. The molecule has 2 heterocycles. The van der Waals surface area contributed by atoms with Crippen LogP contribution in [0.15, 0.2) is 35.2 Å². The number of furan rings is 1. The predicted molar refractivity (Wildman–Crippen MR) is 57.1 cm³/mol. The molecule has 0 aliphatic heterocycles. The number of hydrogen-bond acceptors (Lipinski definition) is 4. The molecule has 0 saturated carbocycles. The number of hydrogen-bond donors (Lipinski definition) is 2. The molecule has 1 atom stereocenters. The Labute approximate surface area is 96.2 Å². The van der Waals surface area contributed by atoms with E-state index in [0.717, 1.165) is 6.20 Å². The minimum Gasteiger partial charge on any atom is -0.453 e. The van der Waals surface area contributed by atoms with Gasteiger partial charge in [-0.25, -0.2) is 9.82 Å². The van der Waals surface area contributed by atoms with Gasteiger partial charge < -0.3 is 4.42 Å². The smallest absolute Gasteiger partial charge is 0.198 e. The highest BCUT2D eigenvalue weighted by atomic mass is 35.5. The number of nitrogens with zero attached hydrogens (tertiary/aromatic N) is 1. The first-order chi connectivity index (χ1) is 7.74. The molecule has 0 saturated heterocycles. The summed E-state index contributed by atoms with van der Waals surface area (Å²) in [6, 6.07) is 2.60. The molecule has 2 rings (SSSR count). The number of aromatic nitrogens is 1. The SMILES string of the molecule is NNC(c1ccncc1F)c1ccoc1Cl. The van der Waals surface area contributed by atoms with Crippen molar-refractivity contribution in [3.63, 3.8) is 0 Å². The molecule has 0 spiro atoms. The fourth-order valence-corrected chi connectivity index (χ4v) is 1.70. The summed E-state index contributed by atoms with van der Waals surface area (Å²) >= 11 is 5.82. The Morgan fingerprint density at radius 1 is 1.44 bits per heavy atom. The maximum Gasteiger partial charge on any atom is 0.198 e. The largest absolute Gasteiger partial charge is 0.453 e. The van der Waals surface area contributed by atoms with E-state index in [1.54, 1.807) is 6.07 Å². The third kappa shape index (κ3) is 1.92. The minimum atomic E-state index is -0.561. The summed E-state index contributed by atoms with van der Waals surface area (Å²) in [5.74, 6) is 4.94. The zero-order chi connectivity index (χ0) is 11.5. The van der Waals surface area contributed by atoms with E-state index >= 15 is 0 Å². The van der Waals surface area contributed by atoms with E-state index < -0.39 is 11.9 Å². The molecule has 0 radical (unpaired) electrons. The van der Waals surface area contributed by atoms with Crippen LogP contribution in [0.4, 0.5) is 4.39 Å². The van der Waals surface area contributed by atoms with Crippen molar-refractivity contribution in [1.29, 1.82) is 0 Å². The molecule has 0 amide bonds. The van der Waals surface area contributed by atoms with Crippen LogP contribution in [-0.2, 0) is 0 Å². The van der Waals surface area contributed by atoms with Crippen LogP contribution in [-0.4, -0.2) is 4.98 Å². The van der Waals surface area contributed by atoms with E-state index in [0.29, 0.717) is 11.1 Å². The summed E-state index contributed by atoms with van der Waals surface area (Å²) in [6.45, 7) is 0. The van der Waals surface area contributed by atoms with Crippen molar-refractivity contribution < 1.29 is 8.81 Å². The lowest BCUT2D eigenvalue weighted by molar-refractivity contribution is 0.538. The molecule has 0 fully saturated rings. The molecule has 4 nitrogen and oxygen atoms in total. The average Bonchev–Trinajstić information content (AvgIpc) is 2.69. The average molecular weight is 242 g/mol. The molecular weight excluding hydrogens is 233 g/mol. The van der Waals surface area contributed by atoms with Gasteiger partial charge in [0.05, 0.1) is 18.5 Å². The monoisotopic (exact) mass is 241 g/mol. The molecular formula is C10H9ClFN3O. The van der Waals surface area contributed by atoms with Gasteiger partial charge in [-0.2, -0.15) is 0 Å². The van der Waals surface area contributed by atoms with E-state index in [9.17, 15) is 4.39 Å². The van der Waals surface area contributed by atoms with E-state index in [2.05, 4.69) is 10.4 Å². The number of hydrazine groups is 1. The van der Waals surface area contributed by atoms with Crippen LogP contribution in [0.2, 0.25) is 5.22 Å². The fraction of sp³-hybridized carbons (Fsp3) is 0.100. The number of pyridine rings is 1. The second-order valence-electron chi connectivity index (χ2n) is 3.15. The lowest BCUT2D eigenvalue weighted by atomic mass is 10.0. The number of rotatable bonds is 3. The third-order valence-corrected chi connectivity index (χ3v) is 2.55. The number of nitrogens with two attached hydrogens (primary N) is 1.